The van der Waals surface area contributed by atoms with Gasteiger partial charge in [-0.1, -0.05) is 18.2 Å². The molecule has 0 saturated heterocycles. The van der Waals surface area contributed by atoms with Gasteiger partial charge in [-0.2, -0.15) is 0 Å². The van der Waals surface area contributed by atoms with Gasteiger partial charge in [-0.05, 0) is 40.5 Å². The van der Waals surface area contributed by atoms with E-state index >= 15 is 0 Å². The number of halogens is 2. The molecule has 4 heteroatoms. The van der Waals surface area contributed by atoms with E-state index in [1.54, 1.807) is 24.4 Å². The molecule has 0 radical (unpaired) electrons. The van der Waals surface area contributed by atoms with Crippen LogP contribution in [0, 0.1) is 12.7 Å². The third-order valence-corrected chi connectivity index (χ3v) is 3.40. The van der Waals surface area contributed by atoms with Crippen molar-refractivity contribution in [2.24, 2.45) is 5.73 Å². The first-order chi connectivity index (χ1) is 8.58. The molecule has 0 aliphatic rings. The quantitative estimate of drug-likeness (QED) is 0.942. The Morgan fingerprint density at radius 3 is 2.78 bits per heavy atom. The van der Waals surface area contributed by atoms with E-state index in [1.165, 1.54) is 0 Å². The Morgan fingerprint density at radius 1 is 1.33 bits per heavy atom. The van der Waals surface area contributed by atoms with Crippen LogP contribution in [0.1, 0.15) is 22.9 Å². The molecule has 0 fully saturated rings. The van der Waals surface area contributed by atoms with Crippen molar-refractivity contribution in [1.29, 1.82) is 0 Å². The van der Waals surface area contributed by atoms with E-state index in [4.69, 9.17) is 5.73 Å². The van der Waals surface area contributed by atoms with Gasteiger partial charge in [0.05, 0.1) is 4.47 Å². The molecule has 0 aliphatic carbocycles. The summed E-state index contributed by atoms with van der Waals surface area (Å²) >= 11 is 3.16. The van der Waals surface area contributed by atoms with Crippen LogP contribution in [0.5, 0.6) is 0 Å². The van der Waals surface area contributed by atoms with Gasteiger partial charge in [0.2, 0.25) is 0 Å². The van der Waals surface area contributed by atoms with Gasteiger partial charge in [0.15, 0.2) is 0 Å². The lowest BCUT2D eigenvalue weighted by atomic mass is 10.0. The van der Waals surface area contributed by atoms with E-state index < -0.39 is 6.04 Å². The standard InChI is InChI=1S/C14H14BrFN2/c1-9-5-6-10(18-8-9)7-13(17)11-3-2-4-12(15)14(11)16/h2-6,8,13H,7,17H2,1H3. The smallest absolute Gasteiger partial charge is 0.142 e. The number of hydrogen-bond donors (Lipinski definition) is 1. The summed E-state index contributed by atoms with van der Waals surface area (Å²) in [7, 11) is 0. The van der Waals surface area contributed by atoms with Crippen LogP contribution in [0.3, 0.4) is 0 Å². The van der Waals surface area contributed by atoms with Gasteiger partial charge in [-0.25, -0.2) is 4.39 Å². The molecular weight excluding hydrogens is 295 g/mol. The summed E-state index contributed by atoms with van der Waals surface area (Å²) in [5.41, 5.74) is 8.51. The van der Waals surface area contributed by atoms with Crippen molar-refractivity contribution < 1.29 is 4.39 Å². The molecule has 1 aromatic heterocycles. The van der Waals surface area contributed by atoms with Crippen molar-refractivity contribution in [3.05, 3.63) is 63.6 Å². The van der Waals surface area contributed by atoms with Gasteiger partial charge in [0.25, 0.3) is 0 Å². The minimum atomic E-state index is -0.391. The molecule has 94 valence electrons. The summed E-state index contributed by atoms with van der Waals surface area (Å²) in [5.74, 6) is -0.294. The number of benzene rings is 1. The van der Waals surface area contributed by atoms with Gasteiger partial charge in [-0.15, -0.1) is 0 Å². The lowest BCUT2D eigenvalue weighted by Crippen LogP contribution is -2.15. The minimum absolute atomic E-state index is 0.294. The minimum Gasteiger partial charge on any atom is -0.324 e. The van der Waals surface area contributed by atoms with Crippen LogP contribution in [-0.4, -0.2) is 4.98 Å². The molecule has 1 heterocycles. The topological polar surface area (TPSA) is 38.9 Å². The first-order valence-electron chi connectivity index (χ1n) is 5.69. The molecular formula is C14H14BrFN2. The van der Waals surface area contributed by atoms with E-state index in [0.717, 1.165) is 11.3 Å². The Bertz CT molecular complexity index is 540. The van der Waals surface area contributed by atoms with E-state index in [0.29, 0.717) is 16.5 Å². The molecule has 0 spiro atoms. The van der Waals surface area contributed by atoms with Crippen molar-refractivity contribution in [3.8, 4) is 0 Å². The Kier molecular flexibility index (Phi) is 4.09. The highest BCUT2D eigenvalue weighted by Crippen LogP contribution is 2.24. The maximum Gasteiger partial charge on any atom is 0.142 e. The highest BCUT2D eigenvalue weighted by molar-refractivity contribution is 9.10. The van der Waals surface area contributed by atoms with Gasteiger partial charge in [0, 0.05) is 29.9 Å². The second-order valence-corrected chi connectivity index (χ2v) is 5.13. The van der Waals surface area contributed by atoms with Crippen LogP contribution < -0.4 is 5.73 Å². The van der Waals surface area contributed by atoms with Crippen molar-refractivity contribution in [1.82, 2.24) is 4.98 Å². The summed E-state index contributed by atoms with van der Waals surface area (Å²) in [4.78, 5) is 4.28. The van der Waals surface area contributed by atoms with Crippen LogP contribution >= 0.6 is 15.9 Å². The molecule has 0 aliphatic heterocycles. The second-order valence-electron chi connectivity index (χ2n) is 4.28. The Morgan fingerprint density at radius 2 is 2.11 bits per heavy atom. The fourth-order valence-electron chi connectivity index (χ4n) is 1.76. The number of hydrogen-bond acceptors (Lipinski definition) is 2. The van der Waals surface area contributed by atoms with Crippen LogP contribution in [-0.2, 0) is 6.42 Å². The van der Waals surface area contributed by atoms with Crippen molar-refractivity contribution in [2.45, 2.75) is 19.4 Å². The summed E-state index contributed by atoms with van der Waals surface area (Å²) in [6.45, 7) is 1.98. The molecule has 2 nitrogen and oxygen atoms in total. The molecule has 2 N–H and O–H groups in total. The highest BCUT2D eigenvalue weighted by Gasteiger charge is 2.14. The zero-order valence-electron chi connectivity index (χ0n) is 10.0. The predicted molar refractivity (Wildman–Crippen MR) is 73.7 cm³/mol. The van der Waals surface area contributed by atoms with E-state index in [-0.39, 0.29) is 5.82 Å². The third-order valence-electron chi connectivity index (χ3n) is 2.78. The maximum atomic E-state index is 13.9. The first kappa shape index (κ1) is 13.2. The average molecular weight is 309 g/mol. The first-order valence-corrected chi connectivity index (χ1v) is 6.48. The molecule has 2 aromatic rings. The fraction of sp³-hybridized carbons (Fsp3) is 0.214. The monoisotopic (exact) mass is 308 g/mol. The normalized spacial score (nSPS) is 12.4. The molecule has 1 atom stereocenters. The molecule has 0 saturated carbocycles. The molecule has 0 bridgehead atoms. The zero-order valence-corrected chi connectivity index (χ0v) is 11.6. The summed E-state index contributed by atoms with van der Waals surface area (Å²) in [6, 6.07) is 8.66. The van der Waals surface area contributed by atoms with E-state index in [2.05, 4.69) is 20.9 Å². The lowest BCUT2D eigenvalue weighted by Gasteiger charge is -2.13. The van der Waals surface area contributed by atoms with Gasteiger partial charge >= 0.3 is 0 Å². The number of nitrogens with two attached hydrogens (primary N) is 1. The number of rotatable bonds is 3. The number of nitrogens with zero attached hydrogens (tertiary/aromatic N) is 1. The van der Waals surface area contributed by atoms with E-state index in [9.17, 15) is 4.39 Å². The summed E-state index contributed by atoms with van der Waals surface area (Å²) < 4.78 is 14.3. The second kappa shape index (κ2) is 5.59. The van der Waals surface area contributed by atoms with Crippen molar-refractivity contribution >= 4 is 15.9 Å². The molecule has 18 heavy (non-hydrogen) atoms. The Hall–Kier alpha value is -1.26. The summed E-state index contributed by atoms with van der Waals surface area (Å²) in [6.07, 6.45) is 2.31. The highest BCUT2D eigenvalue weighted by atomic mass is 79.9. The van der Waals surface area contributed by atoms with Crippen LogP contribution in [0.2, 0.25) is 0 Å². The molecule has 0 amide bonds. The zero-order chi connectivity index (χ0) is 13.1. The van der Waals surface area contributed by atoms with Gasteiger partial charge in [0.1, 0.15) is 5.82 Å². The molecule has 1 aromatic carbocycles. The Balaban J connectivity index is 2.19. The van der Waals surface area contributed by atoms with Crippen molar-refractivity contribution in [3.63, 3.8) is 0 Å². The molecule has 1 unspecified atom stereocenters. The molecule has 2 rings (SSSR count). The van der Waals surface area contributed by atoms with Crippen LogP contribution in [0.25, 0.3) is 0 Å². The number of aryl methyl sites for hydroxylation is 1. The third kappa shape index (κ3) is 2.94. The maximum absolute atomic E-state index is 13.9. The van der Waals surface area contributed by atoms with Crippen molar-refractivity contribution in [2.75, 3.05) is 0 Å². The average Bonchev–Trinajstić information content (AvgIpc) is 2.35. The fourth-order valence-corrected chi connectivity index (χ4v) is 2.14. The van der Waals surface area contributed by atoms with E-state index in [1.807, 2.05) is 19.1 Å². The van der Waals surface area contributed by atoms with Crippen LogP contribution in [0.4, 0.5) is 4.39 Å². The van der Waals surface area contributed by atoms with Gasteiger partial charge in [-0.3, -0.25) is 4.98 Å². The van der Waals surface area contributed by atoms with Gasteiger partial charge < -0.3 is 5.73 Å². The Labute approximate surface area is 114 Å². The number of aromatic nitrogens is 1. The SMILES string of the molecule is Cc1ccc(CC(N)c2cccc(Br)c2F)nc1. The predicted octanol–water partition coefficient (Wildman–Crippen LogP) is 3.53. The number of pyridine rings is 1. The van der Waals surface area contributed by atoms with Crippen LogP contribution in [0.15, 0.2) is 41.0 Å². The summed E-state index contributed by atoms with van der Waals surface area (Å²) in [5, 5.41) is 0. The lowest BCUT2D eigenvalue weighted by molar-refractivity contribution is 0.572. The largest absolute Gasteiger partial charge is 0.324 e.